The fourth-order valence-electron chi connectivity index (χ4n) is 6.29. The van der Waals surface area contributed by atoms with E-state index in [1.54, 1.807) is 9.80 Å². The number of carbonyl (C=O) groups excluding carboxylic acids is 3. The first kappa shape index (κ1) is 29.7. The van der Waals surface area contributed by atoms with Crippen LogP contribution < -0.4 is 11.1 Å². The molecule has 2 aromatic rings. The molecule has 0 aliphatic carbocycles. The van der Waals surface area contributed by atoms with Crippen LogP contribution in [0.25, 0.3) is 0 Å². The van der Waals surface area contributed by atoms with Gasteiger partial charge in [0.05, 0.1) is 0 Å². The SMILES string of the molecule is Cc1cc(C[C@@H](OC(=O)N2CCC(N3CCc4ccccc4NC3=O)CC2)C(=O)N2CCC(C)(N)CC2)cc(C)c1O. The smallest absolute Gasteiger partial charge is 0.410 e. The number of benzene rings is 2. The molecule has 2 aromatic carbocycles. The summed E-state index contributed by atoms with van der Waals surface area (Å²) >= 11 is 0. The Morgan fingerprint density at radius 3 is 2.36 bits per heavy atom. The van der Waals surface area contributed by atoms with Gasteiger partial charge >= 0.3 is 12.1 Å². The van der Waals surface area contributed by atoms with Crippen molar-refractivity contribution in [2.75, 3.05) is 38.0 Å². The molecule has 42 heavy (non-hydrogen) atoms. The quantitative estimate of drug-likeness (QED) is 0.494. The molecule has 0 saturated carbocycles. The van der Waals surface area contributed by atoms with E-state index in [9.17, 15) is 19.5 Å². The molecule has 1 atom stereocenters. The number of para-hydroxylation sites is 1. The normalized spacial score (nSPS) is 19.9. The number of fused-ring (bicyclic) bond motifs is 1. The van der Waals surface area contributed by atoms with Gasteiger partial charge in [0, 0.05) is 56.4 Å². The van der Waals surface area contributed by atoms with Gasteiger partial charge in [0.25, 0.3) is 5.91 Å². The Hall–Kier alpha value is -3.79. The summed E-state index contributed by atoms with van der Waals surface area (Å²) in [6.07, 6.45) is 2.11. The zero-order valence-electron chi connectivity index (χ0n) is 24.9. The second kappa shape index (κ2) is 12.2. The van der Waals surface area contributed by atoms with Gasteiger partial charge in [0.15, 0.2) is 6.10 Å². The predicted octanol–water partition coefficient (Wildman–Crippen LogP) is 3.95. The Morgan fingerprint density at radius 2 is 1.69 bits per heavy atom. The molecule has 0 aromatic heterocycles. The molecule has 226 valence electrons. The van der Waals surface area contributed by atoms with Gasteiger partial charge in [-0.1, -0.05) is 30.3 Å². The molecule has 3 aliphatic rings. The number of phenolic OH excluding ortho intramolecular Hbond substituents is 1. The van der Waals surface area contributed by atoms with Crippen LogP contribution >= 0.6 is 0 Å². The van der Waals surface area contributed by atoms with Crippen molar-refractivity contribution in [1.82, 2.24) is 14.7 Å². The fourth-order valence-corrected chi connectivity index (χ4v) is 6.29. The van der Waals surface area contributed by atoms with Crippen LogP contribution in [0.2, 0.25) is 0 Å². The molecule has 3 aliphatic heterocycles. The fraction of sp³-hybridized carbons (Fsp3) is 0.531. The molecule has 0 spiro atoms. The lowest BCUT2D eigenvalue weighted by molar-refractivity contribution is -0.142. The number of aryl methyl sites for hydroxylation is 2. The number of anilines is 1. The third-order valence-electron chi connectivity index (χ3n) is 9.01. The molecule has 10 nitrogen and oxygen atoms in total. The molecule has 0 bridgehead atoms. The van der Waals surface area contributed by atoms with Crippen LogP contribution in [-0.2, 0) is 22.4 Å². The van der Waals surface area contributed by atoms with Crippen LogP contribution in [0.4, 0.5) is 15.3 Å². The number of rotatable bonds is 5. The highest BCUT2D eigenvalue weighted by molar-refractivity contribution is 5.91. The monoisotopic (exact) mass is 577 g/mol. The number of nitrogens with zero attached hydrogens (tertiary/aromatic N) is 3. The van der Waals surface area contributed by atoms with E-state index in [0.717, 1.165) is 23.2 Å². The van der Waals surface area contributed by atoms with E-state index in [4.69, 9.17) is 10.5 Å². The van der Waals surface area contributed by atoms with Crippen LogP contribution in [0.5, 0.6) is 5.75 Å². The summed E-state index contributed by atoms with van der Waals surface area (Å²) in [5.41, 5.74) is 10.2. The first-order chi connectivity index (χ1) is 20.0. The number of nitrogens with one attached hydrogen (secondary N) is 1. The summed E-state index contributed by atoms with van der Waals surface area (Å²) in [6, 6.07) is 11.4. The Morgan fingerprint density at radius 1 is 1.05 bits per heavy atom. The summed E-state index contributed by atoms with van der Waals surface area (Å²) < 4.78 is 5.94. The van der Waals surface area contributed by atoms with Crippen molar-refractivity contribution >= 4 is 23.7 Å². The van der Waals surface area contributed by atoms with Gasteiger partial charge in [-0.05, 0) is 81.2 Å². The molecule has 0 radical (unpaired) electrons. The average Bonchev–Trinajstić information content (AvgIpc) is 3.13. The second-order valence-corrected chi connectivity index (χ2v) is 12.4. The lowest BCUT2D eigenvalue weighted by Crippen LogP contribution is -2.54. The minimum Gasteiger partial charge on any atom is -0.507 e. The van der Waals surface area contributed by atoms with Crippen molar-refractivity contribution in [2.24, 2.45) is 5.73 Å². The van der Waals surface area contributed by atoms with Crippen molar-refractivity contribution in [1.29, 1.82) is 0 Å². The van der Waals surface area contributed by atoms with Crippen molar-refractivity contribution in [2.45, 2.75) is 77.0 Å². The van der Waals surface area contributed by atoms with Crippen LogP contribution in [0.3, 0.4) is 0 Å². The van der Waals surface area contributed by atoms with E-state index in [-0.39, 0.29) is 35.7 Å². The molecule has 4 amide bonds. The Balaban J connectivity index is 1.23. The maximum absolute atomic E-state index is 13.7. The lowest BCUT2D eigenvalue weighted by atomic mass is 9.90. The highest BCUT2D eigenvalue weighted by Gasteiger charge is 2.36. The van der Waals surface area contributed by atoms with E-state index in [0.29, 0.717) is 69.5 Å². The topological polar surface area (TPSA) is 128 Å². The molecule has 0 unspecified atom stereocenters. The zero-order valence-corrected chi connectivity index (χ0v) is 24.9. The minimum atomic E-state index is -0.990. The number of hydrogen-bond donors (Lipinski definition) is 3. The van der Waals surface area contributed by atoms with Gasteiger partial charge in [0.1, 0.15) is 5.75 Å². The van der Waals surface area contributed by atoms with Crippen molar-refractivity contribution in [3.8, 4) is 5.75 Å². The van der Waals surface area contributed by atoms with Crippen LogP contribution in [-0.4, -0.2) is 88.2 Å². The number of ether oxygens (including phenoxy) is 1. The largest absolute Gasteiger partial charge is 0.507 e. The summed E-state index contributed by atoms with van der Waals surface area (Å²) in [7, 11) is 0. The Labute approximate surface area is 247 Å². The van der Waals surface area contributed by atoms with E-state index < -0.39 is 12.2 Å². The molecule has 3 heterocycles. The minimum absolute atomic E-state index is 0.0164. The summed E-state index contributed by atoms with van der Waals surface area (Å²) in [5.74, 6) is -0.000328. The van der Waals surface area contributed by atoms with Crippen molar-refractivity contribution in [3.05, 3.63) is 58.7 Å². The number of piperidine rings is 2. The van der Waals surface area contributed by atoms with Crippen molar-refractivity contribution < 1.29 is 24.2 Å². The Bertz CT molecular complexity index is 1300. The maximum Gasteiger partial charge on any atom is 0.410 e. The number of carbonyl (C=O) groups is 3. The molecular weight excluding hydrogens is 534 g/mol. The number of likely N-dealkylation sites (tertiary alicyclic amines) is 2. The molecule has 4 N–H and O–H groups in total. The molecule has 2 saturated heterocycles. The van der Waals surface area contributed by atoms with Gasteiger partial charge in [-0.25, -0.2) is 9.59 Å². The first-order valence-corrected chi connectivity index (χ1v) is 15.0. The van der Waals surface area contributed by atoms with Crippen LogP contribution in [0, 0.1) is 13.8 Å². The van der Waals surface area contributed by atoms with Crippen molar-refractivity contribution in [3.63, 3.8) is 0 Å². The van der Waals surface area contributed by atoms with Gasteiger partial charge in [0.2, 0.25) is 0 Å². The van der Waals surface area contributed by atoms with Crippen LogP contribution in [0.1, 0.15) is 54.9 Å². The highest BCUT2D eigenvalue weighted by atomic mass is 16.6. The van der Waals surface area contributed by atoms with E-state index >= 15 is 0 Å². The summed E-state index contributed by atoms with van der Waals surface area (Å²) in [4.78, 5) is 45.3. The molecular formula is C32H43N5O5. The van der Waals surface area contributed by atoms with Gasteiger partial charge in [-0.2, -0.15) is 0 Å². The van der Waals surface area contributed by atoms with E-state index in [2.05, 4.69) is 5.32 Å². The lowest BCUT2D eigenvalue weighted by Gasteiger charge is -2.39. The molecule has 5 rings (SSSR count). The number of aromatic hydroxyl groups is 1. The second-order valence-electron chi connectivity index (χ2n) is 12.4. The summed E-state index contributed by atoms with van der Waals surface area (Å²) in [6.45, 7) is 8.15. The number of amides is 4. The van der Waals surface area contributed by atoms with Gasteiger partial charge in [-0.15, -0.1) is 0 Å². The average molecular weight is 578 g/mol. The number of urea groups is 1. The number of nitrogens with two attached hydrogens (primary N) is 1. The van der Waals surface area contributed by atoms with E-state index in [1.807, 2.05) is 62.1 Å². The highest BCUT2D eigenvalue weighted by Crippen LogP contribution is 2.27. The van der Waals surface area contributed by atoms with Gasteiger partial charge in [-0.3, -0.25) is 4.79 Å². The predicted molar refractivity (Wildman–Crippen MR) is 160 cm³/mol. The number of phenols is 1. The molecule has 2 fully saturated rings. The molecule has 10 heteroatoms. The number of hydrogen-bond acceptors (Lipinski definition) is 6. The third-order valence-corrected chi connectivity index (χ3v) is 9.01. The van der Waals surface area contributed by atoms with Crippen LogP contribution in [0.15, 0.2) is 36.4 Å². The summed E-state index contributed by atoms with van der Waals surface area (Å²) in [5, 5.41) is 13.3. The maximum atomic E-state index is 13.7. The van der Waals surface area contributed by atoms with E-state index in [1.165, 1.54) is 0 Å². The van der Waals surface area contributed by atoms with Gasteiger partial charge < -0.3 is 35.6 Å². The third kappa shape index (κ3) is 6.64. The Kier molecular flexibility index (Phi) is 8.63. The first-order valence-electron chi connectivity index (χ1n) is 15.0. The zero-order chi connectivity index (χ0) is 30.0. The standard InChI is InChI=1S/C32H43N5O5/c1-21-18-23(19-22(2)28(21)38)20-27(29(39)35-16-11-32(3,33)12-17-35)42-31(41)36-13-9-25(10-14-36)37-15-8-24-6-4-5-7-26(24)34-30(37)40/h4-7,18-19,25,27,38H,8-17,20,33H2,1-3H3,(H,34,40)/t27-/m1/s1.